The average molecular weight is 248 g/mol. The van der Waals surface area contributed by atoms with Crippen LogP contribution in [0.1, 0.15) is 17.5 Å². The van der Waals surface area contributed by atoms with Gasteiger partial charge in [-0.05, 0) is 37.7 Å². The van der Waals surface area contributed by atoms with E-state index in [0.29, 0.717) is 0 Å². The van der Waals surface area contributed by atoms with Gasteiger partial charge in [-0.25, -0.2) is 0 Å². The number of amides is 2. The van der Waals surface area contributed by atoms with Gasteiger partial charge in [0.25, 0.3) is 0 Å². The molecule has 1 heterocycles. The maximum absolute atomic E-state index is 11.8. The molecule has 0 atom stereocenters. The maximum Gasteiger partial charge on any atom is 0.242 e. The standard InChI is InChI=1S/C12H12N2O2S/c1-7-3-4-9(8(2)5-7)14-11(16)6-10(15)13-12(14)17/h3-5H,6H2,1-2H3,(H,13,15,17). The van der Waals surface area contributed by atoms with E-state index in [-0.39, 0.29) is 23.3 Å². The fourth-order valence-electron chi connectivity index (χ4n) is 1.85. The van der Waals surface area contributed by atoms with Gasteiger partial charge in [0, 0.05) is 0 Å². The molecule has 0 aliphatic carbocycles. The van der Waals surface area contributed by atoms with E-state index in [1.807, 2.05) is 32.0 Å². The monoisotopic (exact) mass is 248 g/mol. The van der Waals surface area contributed by atoms with E-state index in [2.05, 4.69) is 5.32 Å². The Labute approximate surface area is 105 Å². The lowest BCUT2D eigenvalue weighted by atomic mass is 10.1. The van der Waals surface area contributed by atoms with Gasteiger partial charge in [-0.15, -0.1) is 0 Å². The number of rotatable bonds is 1. The van der Waals surface area contributed by atoms with Gasteiger partial charge in [0.15, 0.2) is 5.11 Å². The van der Waals surface area contributed by atoms with Crippen LogP contribution in [0, 0.1) is 13.8 Å². The van der Waals surface area contributed by atoms with Gasteiger partial charge >= 0.3 is 0 Å². The quantitative estimate of drug-likeness (QED) is 0.604. The predicted octanol–water partition coefficient (Wildman–Crippen LogP) is 1.44. The normalized spacial score (nSPS) is 16.1. The molecule has 0 bridgehead atoms. The molecule has 1 aliphatic heterocycles. The molecule has 2 rings (SSSR count). The van der Waals surface area contributed by atoms with Crippen LogP contribution in [0.15, 0.2) is 18.2 Å². The zero-order chi connectivity index (χ0) is 12.6. The molecule has 17 heavy (non-hydrogen) atoms. The number of thiocarbonyl (C=S) groups is 1. The minimum Gasteiger partial charge on any atom is -0.302 e. The van der Waals surface area contributed by atoms with Crippen molar-refractivity contribution < 1.29 is 9.59 Å². The van der Waals surface area contributed by atoms with Gasteiger partial charge in [-0.2, -0.15) is 0 Å². The Balaban J connectivity index is 2.42. The molecule has 88 valence electrons. The SMILES string of the molecule is Cc1ccc(N2C(=O)CC(=O)NC2=S)c(C)c1. The summed E-state index contributed by atoms with van der Waals surface area (Å²) in [5.41, 5.74) is 2.80. The van der Waals surface area contributed by atoms with E-state index in [0.717, 1.165) is 16.8 Å². The largest absolute Gasteiger partial charge is 0.302 e. The molecule has 5 heteroatoms. The van der Waals surface area contributed by atoms with Crippen LogP contribution in [0.2, 0.25) is 0 Å². The number of hydrogen-bond acceptors (Lipinski definition) is 3. The molecule has 1 aromatic rings. The second kappa shape index (κ2) is 4.25. The second-order valence-electron chi connectivity index (χ2n) is 4.05. The van der Waals surface area contributed by atoms with Gasteiger partial charge in [0.2, 0.25) is 11.8 Å². The van der Waals surface area contributed by atoms with Gasteiger partial charge in [-0.1, -0.05) is 17.7 Å². The number of anilines is 1. The summed E-state index contributed by atoms with van der Waals surface area (Å²) in [4.78, 5) is 24.4. The highest BCUT2D eigenvalue weighted by molar-refractivity contribution is 7.80. The van der Waals surface area contributed by atoms with Crippen molar-refractivity contribution in [2.45, 2.75) is 20.3 Å². The van der Waals surface area contributed by atoms with E-state index in [4.69, 9.17) is 12.2 Å². The molecule has 1 aliphatic rings. The Morgan fingerprint density at radius 3 is 2.59 bits per heavy atom. The number of benzene rings is 1. The summed E-state index contributed by atoms with van der Waals surface area (Å²) < 4.78 is 0. The number of aryl methyl sites for hydroxylation is 2. The first-order chi connectivity index (χ1) is 7.99. The van der Waals surface area contributed by atoms with Crippen molar-refractivity contribution >= 4 is 34.8 Å². The highest BCUT2D eigenvalue weighted by Crippen LogP contribution is 2.23. The molecule has 0 radical (unpaired) electrons. The molecular formula is C12H12N2O2S. The third kappa shape index (κ3) is 2.19. The number of carbonyl (C=O) groups excluding carboxylic acids is 2. The molecule has 1 saturated heterocycles. The zero-order valence-electron chi connectivity index (χ0n) is 9.61. The van der Waals surface area contributed by atoms with Crippen molar-refractivity contribution in [3.05, 3.63) is 29.3 Å². The van der Waals surface area contributed by atoms with E-state index in [1.165, 1.54) is 4.90 Å². The summed E-state index contributed by atoms with van der Waals surface area (Å²) in [6.45, 7) is 3.89. The number of nitrogens with one attached hydrogen (secondary N) is 1. The fourth-order valence-corrected chi connectivity index (χ4v) is 2.16. The number of nitrogens with zero attached hydrogens (tertiary/aromatic N) is 1. The Kier molecular flexibility index (Phi) is 2.93. The van der Waals surface area contributed by atoms with Crippen LogP contribution in [-0.2, 0) is 9.59 Å². The lowest BCUT2D eigenvalue weighted by Gasteiger charge is -2.28. The first-order valence-electron chi connectivity index (χ1n) is 5.23. The van der Waals surface area contributed by atoms with Gasteiger partial charge in [0.1, 0.15) is 6.42 Å². The molecular weight excluding hydrogens is 236 g/mol. The van der Waals surface area contributed by atoms with Crippen molar-refractivity contribution in [2.75, 3.05) is 4.90 Å². The smallest absolute Gasteiger partial charge is 0.242 e. The average Bonchev–Trinajstić information content (AvgIpc) is 2.19. The molecule has 0 aromatic heterocycles. The van der Waals surface area contributed by atoms with Gasteiger partial charge in [0.05, 0.1) is 5.69 Å². The van der Waals surface area contributed by atoms with Gasteiger partial charge in [-0.3, -0.25) is 14.5 Å². The van der Waals surface area contributed by atoms with Crippen molar-refractivity contribution in [1.29, 1.82) is 0 Å². The number of carbonyl (C=O) groups is 2. The van der Waals surface area contributed by atoms with Crippen molar-refractivity contribution in [3.8, 4) is 0 Å². The minimum atomic E-state index is -0.346. The van der Waals surface area contributed by atoms with Crippen molar-refractivity contribution in [2.24, 2.45) is 0 Å². The molecule has 0 spiro atoms. The first-order valence-corrected chi connectivity index (χ1v) is 5.64. The Morgan fingerprint density at radius 2 is 2.00 bits per heavy atom. The summed E-state index contributed by atoms with van der Waals surface area (Å²) in [6.07, 6.45) is -0.159. The second-order valence-corrected chi connectivity index (χ2v) is 4.44. The Bertz CT molecular complexity index is 505. The summed E-state index contributed by atoms with van der Waals surface area (Å²) in [7, 11) is 0. The van der Waals surface area contributed by atoms with E-state index in [9.17, 15) is 9.59 Å². The molecule has 1 N–H and O–H groups in total. The van der Waals surface area contributed by atoms with E-state index in [1.54, 1.807) is 0 Å². The third-order valence-electron chi connectivity index (χ3n) is 2.60. The highest BCUT2D eigenvalue weighted by atomic mass is 32.1. The van der Waals surface area contributed by atoms with Gasteiger partial charge < -0.3 is 5.32 Å². The summed E-state index contributed by atoms with van der Waals surface area (Å²) in [5.74, 6) is -0.633. The van der Waals surface area contributed by atoms with Crippen LogP contribution in [0.3, 0.4) is 0 Å². The minimum absolute atomic E-state index is 0.151. The summed E-state index contributed by atoms with van der Waals surface area (Å²) in [5, 5.41) is 2.65. The fraction of sp³-hybridized carbons (Fsp3) is 0.250. The predicted molar refractivity (Wildman–Crippen MR) is 68.8 cm³/mol. The zero-order valence-corrected chi connectivity index (χ0v) is 10.4. The summed E-state index contributed by atoms with van der Waals surface area (Å²) in [6, 6.07) is 5.72. The maximum atomic E-state index is 11.8. The molecule has 4 nitrogen and oxygen atoms in total. The topological polar surface area (TPSA) is 49.4 Å². The first kappa shape index (κ1) is 11.7. The third-order valence-corrected chi connectivity index (χ3v) is 2.89. The van der Waals surface area contributed by atoms with Crippen molar-refractivity contribution in [3.63, 3.8) is 0 Å². The van der Waals surface area contributed by atoms with E-state index >= 15 is 0 Å². The van der Waals surface area contributed by atoms with Crippen LogP contribution < -0.4 is 10.2 Å². The molecule has 2 amide bonds. The lowest BCUT2D eigenvalue weighted by Crippen LogP contribution is -2.53. The van der Waals surface area contributed by atoms with Crippen LogP contribution >= 0.6 is 12.2 Å². The van der Waals surface area contributed by atoms with Crippen molar-refractivity contribution in [1.82, 2.24) is 5.32 Å². The molecule has 0 unspecified atom stereocenters. The van der Waals surface area contributed by atoms with Crippen LogP contribution in [0.4, 0.5) is 5.69 Å². The number of hydrogen-bond donors (Lipinski definition) is 1. The Morgan fingerprint density at radius 1 is 1.29 bits per heavy atom. The summed E-state index contributed by atoms with van der Waals surface area (Å²) >= 11 is 5.03. The van der Waals surface area contributed by atoms with E-state index < -0.39 is 0 Å². The Hall–Kier alpha value is -1.75. The van der Waals surface area contributed by atoms with Crippen LogP contribution in [-0.4, -0.2) is 16.9 Å². The molecule has 1 aromatic carbocycles. The molecule has 0 saturated carbocycles. The lowest BCUT2D eigenvalue weighted by molar-refractivity contribution is -0.127. The van der Waals surface area contributed by atoms with Crippen LogP contribution in [0.25, 0.3) is 0 Å². The van der Waals surface area contributed by atoms with Crippen LogP contribution in [0.5, 0.6) is 0 Å². The highest BCUT2D eigenvalue weighted by Gasteiger charge is 2.29. The molecule has 1 fully saturated rings.